The SMILES string of the molecule is F.[NH2-].[O-]B(O)O.[Zn+2]. The van der Waals surface area contributed by atoms with Gasteiger partial charge in [-0.15, -0.1) is 0 Å². The van der Waals surface area contributed by atoms with Crippen molar-refractivity contribution >= 4 is 7.32 Å². The number of hydrogen-bond donors (Lipinski definition) is 2. The molecule has 0 aromatic heterocycles. The molecule has 7 heteroatoms. The van der Waals surface area contributed by atoms with E-state index in [9.17, 15) is 0 Å². The van der Waals surface area contributed by atoms with Crippen molar-refractivity contribution in [1.82, 2.24) is 0 Å². The minimum Gasteiger partial charge on any atom is -0.832 e. The second kappa shape index (κ2) is 16.1. The summed E-state index contributed by atoms with van der Waals surface area (Å²) in [6.07, 6.45) is 0. The maximum Gasteiger partial charge on any atom is 2.00 e. The summed E-state index contributed by atoms with van der Waals surface area (Å²) in [6, 6.07) is 0. The average molecular weight is 162 g/mol. The molecule has 4 N–H and O–H groups in total. The Morgan fingerprint density at radius 2 is 1.29 bits per heavy atom. The summed E-state index contributed by atoms with van der Waals surface area (Å²) in [6.45, 7) is 0. The van der Waals surface area contributed by atoms with E-state index in [1.165, 1.54) is 0 Å². The quantitative estimate of drug-likeness (QED) is 0.410. The third-order valence-electron chi connectivity index (χ3n) is 0. The van der Waals surface area contributed by atoms with Crippen LogP contribution in [-0.2, 0) is 19.5 Å². The minimum atomic E-state index is -2.42. The summed E-state index contributed by atoms with van der Waals surface area (Å²) >= 11 is 0. The Morgan fingerprint density at radius 1 is 1.29 bits per heavy atom. The Morgan fingerprint density at radius 3 is 1.29 bits per heavy atom. The molecule has 0 bridgehead atoms. The van der Waals surface area contributed by atoms with Crippen LogP contribution in [0.15, 0.2) is 0 Å². The van der Waals surface area contributed by atoms with E-state index in [1.807, 2.05) is 0 Å². The van der Waals surface area contributed by atoms with Crippen LogP contribution in [0.2, 0.25) is 0 Å². The molecular formula is H5BFNO3Zn. The van der Waals surface area contributed by atoms with Gasteiger partial charge in [0.2, 0.25) is 0 Å². The van der Waals surface area contributed by atoms with Gasteiger partial charge in [0.25, 0.3) is 0 Å². The maximum absolute atomic E-state index is 8.64. The van der Waals surface area contributed by atoms with Crippen LogP contribution in [0.25, 0.3) is 6.15 Å². The largest absolute Gasteiger partial charge is 2.00 e. The van der Waals surface area contributed by atoms with Crippen molar-refractivity contribution in [2.24, 2.45) is 0 Å². The molecule has 0 amide bonds. The predicted octanol–water partition coefficient (Wildman–Crippen LogP) is -1.82. The Bertz CT molecular complexity index is 19.7. The van der Waals surface area contributed by atoms with E-state index in [4.69, 9.17) is 15.1 Å². The maximum atomic E-state index is 8.64. The van der Waals surface area contributed by atoms with E-state index >= 15 is 0 Å². The molecule has 0 fully saturated rings. The summed E-state index contributed by atoms with van der Waals surface area (Å²) in [4.78, 5) is 0. The van der Waals surface area contributed by atoms with Gasteiger partial charge in [0.05, 0.1) is 0 Å². The summed E-state index contributed by atoms with van der Waals surface area (Å²) < 4.78 is 0. The Kier molecular flexibility index (Phi) is 59.8. The van der Waals surface area contributed by atoms with Crippen LogP contribution >= 0.6 is 0 Å². The molecule has 0 saturated carbocycles. The van der Waals surface area contributed by atoms with Gasteiger partial charge in [-0.1, -0.05) is 0 Å². The van der Waals surface area contributed by atoms with Crippen LogP contribution < -0.4 is 5.02 Å². The van der Waals surface area contributed by atoms with Gasteiger partial charge in [0.15, 0.2) is 0 Å². The van der Waals surface area contributed by atoms with E-state index in [1.54, 1.807) is 0 Å². The molecule has 0 radical (unpaired) electrons. The molecule has 0 aliphatic carbocycles. The Balaban J connectivity index is -0.0000000150. The third kappa shape index (κ3) is 611. The molecule has 40 valence electrons. The molecule has 0 saturated heterocycles. The number of halogens is 1. The van der Waals surface area contributed by atoms with Gasteiger partial charge < -0.3 is 21.2 Å². The monoisotopic (exact) mass is 161 g/mol. The van der Waals surface area contributed by atoms with Crippen molar-refractivity contribution in [1.29, 1.82) is 0 Å². The number of nitrogens with two attached hydrogens (primary N) is 1. The van der Waals surface area contributed by atoms with Crippen LogP contribution in [-0.4, -0.2) is 17.4 Å². The fraction of sp³-hybridized carbons (Fsp3) is 0. The zero-order valence-corrected chi connectivity index (χ0v) is 6.54. The van der Waals surface area contributed by atoms with Crippen LogP contribution in [0.3, 0.4) is 0 Å². The van der Waals surface area contributed by atoms with Crippen LogP contribution in [0.1, 0.15) is 0 Å². The average Bonchev–Trinajstić information content (AvgIpc) is 0.811. The van der Waals surface area contributed by atoms with Gasteiger partial charge in [0.1, 0.15) is 0 Å². The van der Waals surface area contributed by atoms with E-state index in [2.05, 4.69) is 0 Å². The third-order valence-corrected chi connectivity index (χ3v) is 0. The zero-order chi connectivity index (χ0) is 3.58. The predicted molar refractivity (Wildman–Crippen MR) is 18.0 cm³/mol. The second-order valence-corrected chi connectivity index (χ2v) is 0.326. The summed E-state index contributed by atoms with van der Waals surface area (Å²) in [7, 11) is -2.42. The Hall–Kier alpha value is 0.458. The van der Waals surface area contributed by atoms with Crippen molar-refractivity contribution in [2.45, 2.75) is 0 Å². The van der Waals surface area contributed by atoms with Gasteiger partial charge in [0, 0.05) is 0 Å². The van der Waals surface area contributed by atoms with E-state index in [0.29, 0.717) is 0 Å². The molecule has 0 aromatic carbocycles. The first-order chi connectivity index (χ1) is 1.73. The van der Waals surface area contributed by atoms with Crippen LogP contribution in [0.5, 0.6) is 0 Å². The van der Waals surface area contributed by atoms with Gasteiger partial charge in [-0.2, -0.15) is 0 Å². The smallest absolute Gasteiger partial charge is 0.832 e. The molecule has 0 unspecified atom stereocenters. The zero-order valence-electron chi connectivity index (χ0n) is 3.57. The van der Waals surface area contributed by atoms with Crippen molar-refractivity contribution < 1.29 is 39.3 Å². The molecule has 0 aromatic rings. The molecule has 0 rings (SSSR count). The standard InChI is InChI=1S/BH2O3.FH.H2N.Zn/c2-1(3)4;;;/h2-3H;1H;1H2;/q-1;;-1;+2. The fourth-order valence-corrected chi connectivity index (χ4v) is 0. The number of hydrogen-bond acceptors (Lipinski definition) is 3. The molecule has 0 heterocycles. The van der Waals surface area contributed by atoms with Gasteiger partial charge in [-0.3, -0.25) is 4.70 Å². The van der Waals surface area contributed by atoms with Crippen LogP contribution in [0.4, 0.5) is 4.70 Å². The molecule has 0 spiro atoms. The molecule has 7 heavy (non-hydrogen) atoms. The van der Waals surface area contributed by atoms with Gasteiger partial charge in [-0.05, 0) is 0 Å². The van der Waals surface area contributed by atoms with Crippen LogP contribution in [0, 0.1) is 0 Å². The molecule has 0 atom stereocenters. The second-order valence-electron chi connectivity index (χ2n) is 0.326. The summed E-state index contributed by atoms with van der Waals surface area (Å²) in [5.41, 5.74) is 0. The first-order valence-corrected chi connectivity index (χ1v) is 0.752. The first kappa shape index (κ1) is 26.0. The topological polar surface area (TPSA) is 97.0 Å². The minimum absolute atomic E-state index is 0. The molecule has 4 nitrogen and oxygen atoms in total. The van der Waals surface area contributed by atoms with Gasteiger partial charge >= 0.3 is 26.8 Å². The molecular weight excluding hydrogens is 157 g/mol. The van der Waals surface area contributed by atoms with E-state index in [0.717, 1.165) is 0 Å². The van der Waals surface area contributed by atoms with E-state index in [-0.39, 0.29) is 30.3 Å². The van der Waals surface area contributed by atoms with E-state index < -0.39 is 7.32 Å². The fourth-order valence-electron chi connectivity index (χ4n) is 0. The molecule has 0 aliphatic rings. The first-order valence-electron chi connectivity index (χ1n) is 0.752. The molecule has 0 aliphatic heterocycles. The van der Waals surface area contributed by atoms with Crippen molar-refractivity contribution in [3.05, 3.63) is 6.15 Å². The van der Waals surface area contributed by atoms with Crippen molar-refractivity contribution in [2.75, 3.05) is 0 Å². The van der Waals surface area contributed by atoms with Crippen molar-refractivity contribution in [3.63, 3.8) is 0 Å². The normalized spacial score (nSPS) is 3.86. The summed E-state index contributed by atoms with van der Waals surface area (Å²) in [5, 5.41) is 22.8. The number of rotatable bonds is 0. The summed E-state index contributed by atoms with van der Waals surface area (Å²) in [5.74, 6) is 0. The Labute approximate surface area is 53.4 Å². The van der Waals surface area contributed by atoms with Gasteiger partial charge in [-0.25, -0.2) is 0 Å². The van der Waals surface area contributed by atoms with Crippen molar-refractivity contribution in [3.8, 4) is 0 Å².